The number of aromatic nitrogens is 2. The molecule has 130 valence electrons. The minimum Gasteiger partial charge on any atom is -0.349 e. The minimum absolute atomic E-state index is 0.173. The Hall–Kier alpha value is -2.47. The summed E-state index contributed by atoms with van der Waals surface area (Å²) >= 11 is 1.51. The number of halogens is 1. The summed E-state index contributed by atoms with van der Waals surface area (Å²) < 4.78 is 15.9. The van der Waals surface area contributed by atoms with E-state index in [4.69, 9.17) is 0 Å². The zero-order chi connectivity index (χ0) is 18.0. The van der Waals surface area contributed by atoms with Crippen LogP contribution in [0, 0.1) is 19.7 Å². The zero-order valence-electron chi connectivity index (χ0n) is 14.4. The summed E-state index contributed by atoms with van der Waals surface area (Å²) in [6.45, 7) is 5.82. The molecule has 0 aliphatic carbocycles. The maximum Gasteiger partial charge on any atom is 0.226 e. The highest BCUT2D eigenvalue weighted by molar-refractivity contribution is 7.12. The largest absolute Gasteiger partial charge is 0.349 e. The van der Waals surface area contributed by atoms with Crippen LogP contribution >= 0.6 is 11.3 Å². The second kappa shape index (κ2) is 7.19. The fourth-order valence-electron chi connectivity index (χ4n) is 2.81. The average molecular weight is 357 g/mol. The first-order chi connectivity index (χ1) is 12.0. The van der Waals surface area contributed by atoms with E-state index in [0.717, 1.165) is 16.5 Å². The van der Waals surface area contributed by atoms with E-state index in [1.165, 1.54) is 17.4 Å². The van der Waals surface area contributed by atoms with Gasteiger partial charge in [0.15, 0.2) is 5.13 Å². The third-order valence-electron chi connectivity index (χ3n) is 4.09. The number of rotatable bonds is 5. The van der Waals surface area contributed by atoms with Crippen molar-refractivity contribution in [3.63, 3.8) is 0 Å². The number of benzene rings is 1. The second-order valence-electron chi connectivity index (χ2n) is 6.06. The Morgan fingerprint density at radius 3 is 2.60 bits per heavy atom. The van der Waals surface area contributed by atoms with Crippen LogP contribution in [0.15, 0.2) is 41.8 Å². The van der Waals surface area contributed by atoms with Crippen LogP contribution in [0.25, 0.3) is 5.13 Å². The third-order valence-corrected chi connectivity index (χ3v) is 4.97. The third kappa shape index (κ3) is 3.79. The Bertz CT molecular complexity index is 880. The van der Waals surface area contributed by atoms with Gasteiger partial charge in [0.05, 0.1) is 18.2 Å². The summed E-state index contributed by atoms with van der Waals surface area (Å²) in [7, 11) is 0. The Morgan fingerprint density at radius 1 is 1.24 bits per heavy atom. The van der Waals surface area contributed by atoms with Crippen molar-refractivity contribution in [3.8, 4) is 5.13 Å². The summed E-state index contributed by atoms with van der Waals surface area (Å²) in [6.07, 6.45) is 0.175. The second-order valence-corrected chi connectivity index (χ2v) is 6.90. The number of nitrogens with one attached hydrogen (secondary N) is 1. The molecule has 0 saturated carbocycles. The molecule has 0 unspecified atom stereocenters. The Kier molecular flexibility index (Phi) is 4.99. The van der Waals surface area contributed by atoms with Crippen LogP contribution in [-0.2, 0) is 11.2 Å². The number of carbonyl (C=O) groups is 1. The highest BCUT2D eigenvalue weighted by Crippen LogP contribution is 2.21. The highest BCUT2D eigenvalue weighted by atomic mass is 32.1. The topological polar surface area (TPSA) is 46.9 Å². The molecule has 4 nitrogen and oxygen atoms in total. The van der Waals surface area contributed by atoms with Gasteiger partial charge in [0.1, 0.15) is 5.82 Å². The van der Waals surface area contributed by atoms with Crippen molar-refractivity contribution < 1.29 is 9.18 Å². The molecule has 1 aromatic carbocycles. The highest BCUT2D eigenvalue weighted by Gasteiger charge is 2.15. The van der Waals surface area contributed by atoms with Crippen LogP contribution in [-0.4, -0.2) is 15.5 Å². The monoisotopic (exact) mass is 357 g/mol. The first-order valence-corrected chi connectivity index (χ1v) is 8.97. The van der Waals surface area contributed by atoms with Gasteiger partial charge >= 0.3 is 0 Å². The van der Waals surface area contributed by atoms with Crippen molar-refractivity contribution in [2.24, 2.45) is 0 Å². The van der Waals surface area contributed by atoms with E-state index in [-0.39, 0.29) is 24.2 Å². The molecular weight excluding hydrogens is 337 g/mol. The van der Waals surface area contributed by atoms with Crippen LogP contribution < -0.4 is 5.32 Å². The maximum atomic E-state index is 13.8. The lowest BCUT2D eigenvalue weighted by molar-refractivity contribution is -0.121. The molecule has 0 radical (unpaired) electrons. The van der Waals surface area contributed by atoms with Crippen LogP contribution in [0.3, 0.4) is 0 Å². The van der Waals surface area contributed by atoms with Gasteiger partial charge in [-0.15, -0.1) is 11.3 Å². The van der Waals surface area contributed by atoms with Gasteiger partial charge in [0.25, 0.3) is 0 Å². The molecule has 25 heavy (non-hydrogen) atoms. The summed E-state index contributed by atoms with van der Waals surface area (Å²) in [4.78, 5) is 16.8. The first-order valence-electron chi connectivity index (χ1n) is 8.09. The normalized spacial score (nSPS) is 12.2. The van der Waals surface area contributed by atoms with Gasteiger partial charge in [-0.2, -0.15) is 0 Å². The lowest BCUT2D eigenvalue weighted by Crippen LogP contribution is -2.28. The number of aryl methyl sites for hydroxylation is 2. The molecule has 0 spiro atoms. The van der Waals surface area contributed by atoms with E-state index in [9.17, 15) is 9.18 Å². The summed E-state index contributed by atoms with van der Waals surface area (Å²) in [6, 6.07) is 10.2. The molecule has 0 aliphatic heterocycles. The van der Waals surface area contributed by atoms with Gasteiger partial charge in [-0.1, -0.05) is 18.2 Å². The molecule has 2 heterocycles. The lowest BCUT2D eigenvalue weighted by atomic mass is 10.1. The van der Waals surface area contributed by atoms with Crippen LogP contribution in [0.1, 0.15) is 35.6 Å². The molecule has 0 fully saturated rings. The molecular formula is C19H20FN3OS. The Labute approximate surface area is 150 Å². The lowest BCUT2D eigenvalue weighted by Gasteiger charge is -2.14. The van der Waals surface area contributed by atoms with Crippen LogP contribution in [0.2, 0.25) is 0 Å². The average Bonchev–Trinajstić information content (AvgIpc) is 3.13. The molecule has 0 saturated heterocycles. The zero-order valence-corrected chi connectivity index (χ0v) is 15.2. The van der Waals surface area contributed by atoms with Crippen molar-refractivity contribution in [2.45, 2.75) is 33.2 Å². The minimum atomic E-state index is -0.388. The SMILES string of the molecule is Cc1ccc(C)n1-c1nc(CC(=O)N[C@@H](C)c2ccccc2F)cs1. The molecule has 1 N–H and O–H groups in total. The van der Waals surface area contributed by atoms with E-state index in [1.54, 1.807) is 25.1 Å². The Balaban J connectivity index is 1.67. The van der Waals surface area contributed by atoms with Crippen molar-refractivity contribution in [1.29, 1.82) is 0 Å². The fourth-order valence-corrected chi connectivity index (χ4v) is 3.75. The summed E-state index contributed by atoms with van der Waals surface area (Å²) in [5.41, 5.74) is 3.41. The Morgan fingerprint density at radius 2 is 1.92 bits per heavy atom. The van der Waals surface area contributed by atoms with E-state index < -0.39 is 0 Å². The molecule has 3 rings (SSSR count). The quantitative estimate of drug-likeness (QED) is 0.747. The number of nitrogens with zero attached hydrogens (tertiary/aromatic N) is 2. The van der Waals surface area contributed by atoms with Gasteiger partial charge in [-0.25, -0.2) is 9.37 Å². The van der Waals surface area contributed by atoms with Gasteiger partial charge < -0.3 is 5.32 Å². The summed E-state index contributed by atoms with van der Waals surface area (Å²) in [5, 5.41) is 5.57. The number of thiazole rings is 1. The van der Waals surface area contributed by atoms with Crippen LogP contribution in [0.4, 0.5) is 4.39 Å². The summed E-state index contributed by atoms with van der Waals surface area (Å²) in [5.74, 6) is -0.488. The van der Waals surface area contributed by atoms with E-state index in [2.05, 4.69) is 14.9 Å². The molecule has 0 bridgehead atoms. The number of hydrogen-bond acceptors (Lipinski definition) is 3. The van der Waals surface area contributed by atoms with Crippen molar-refractivity contribution in [2.75, 3.05) is 0 Å². The van der Waals surface area contributed by atoms with Gasteiger partial charge in [-0.3, -0.25) is 9.36 Å². The number of hydrogen-bond donors (Lipinski definition) is 1. The molecule has 2 aromatic heterocycles. The van der Waals surface area contributed by atoms with Crippen molar-refractivity contribution in [1.82, 2.24) is 14.9 Å². The molecule has 3 aromatic rings. The first kappa shape index (κ1) is 17.4. The van der Waals surface area contributed by atoms with Gasteiger partial charge in [-0.05, 0) is 39.0 Å². The molecule has 6 heteroatoms. The van der Waals surface area contributed by atoms with Crippen LogP contribution in [0.5, 0.6) is 0 Å². The standard InChI is InChI=1S/C19H20FN3OS/c1-12-8-9-13(2)23(12)19-22-15(11-25-19)10-18(24)21-14(3)16-6-4-5-7-17(16)20/h4-9,11,14H,10H2,1-3H3,(H,21,24)/t14-/m0/s1. The number of carbonyl (C=O) groups excluding carboxylic acids is 1. The van der Waals surface area contributed by atoms with E-state index >= 15 is 0 Å². The maximum absolute atomic E-state index is 13.8. The molecule has 0 aliphatic rings. The number of amides is 1. The van der Waals surface area contributed by atoms with Gasteiger partial charge in [0, 0.05) is 22.3 Å². The van der Waals surface area contributed by atoms with E-state index in [1.807, 2.05) is 31.4 Å². The van der Waals surface area contributed by atoms with Gasteiger partial charge in [0.2, 0.25) is 5.91 Å². The molecule has 1 atom stereocenters. The van der Waals surface area contributed by atoms with Crippen molar-refractivity contribution >= 4 is 17.2 Å². The smallest absolute Gasteiger partial charge is 0.226 e. The predicted octanol–water partition coefficient (Wildman–Crippen LogP) is 4.11. The molecule has 1 amide bonds. The predicted molar refractivity (Wildman–Crippen MR) is 97.6 cm³/mol. The van der Waals surface area contributed by atoms with E-state index in [0.29, 0.717) is 11.3 Å². The fraction of sp³-hybridized carbons (Fsp3) is 0.263. The van der Waals surface area contributed by atoms with Crippen molar-refractivity contribution in [3.05, 3.63) is 70.2 Å².